The maximum absolute atomic E-state index is 13.9. The molecule has 5 aromatic rings. The summed E-state index contributed by atoms with van der Waals surface area (Å²) in [4.78, 5) is 18.8. The number of hydrogen-bond acceptors (Lipinski definition) is 7. The summed E-state index contributed by atoms with van der Waals surface area (Å²) < 4.78 is 18.2. The number of likely N-dealkylation sites (N-methyl/N-ethyl adjacent to an activating group) is 1. The van der Waals surface area contributed by atoms with E-state index in [1.54, 1.807) is 6.33 Å². The monoisotopic (exact) mass is 567 g/mol. The van der Waals surface area contributed by atoms with Crippen molar-refractivity contribution in [2.24, 2.45) is 7.05 Å². The van der Waals surface area contributed by atoms with Crippen LogP contribution in [0.4, 0.5) is 21.8 Å². The maximum Gasteiger partial charge on any atom is 0.208 e. The zero-order valence-corrected chi connectivity index (χ0v) is 24.5. The number of aryl methyl sites for hydroxylation is 2. The van der Waals surface area contributed by atoms with E-state index in [0.29, 0.717) is 29.4 Å². The normalized spacial score (nSPS) is 20.5. The predicted molar refractivity (Wildman–Crippen MR) is 166 cm³/mol. The van der Waals surface area contributed by atoms with Crippen molar-refractivity contribution in [2.75, 3.05) is 44.3 Å². The third-order valence-electron chi connectivity index (χ3n) is 9.33. The molecule has 0 bridgehead atoms. The number of nitrogen functional groups attached to an aromatic ring is 1. The Morgan fingerprint density at radius 1 is 0.929 bits per heavy atom. The molecule has 0 spiro atoms. The van der Waals surface area contributed by atoms with Gasteiger partial charge in [-0.15, -0.1) is 0 Å². The van der Waals surface area contributed by atoms with E-state index >= 15 is 0 Å². The third kappa shape index (κ3) is 4.78. The van der Waals surface area contributed by atoms with Crippen molar-refractivity contribution in [3.05, 3.63) is 60.3 Å². The minimum absolute atomic E-state index is 0.278. The van der Waals surface area contributed by atoms with Crippen LogP contribution in [-0.2, 0) is 7.05 Å². The van der Waals surface area contributed by atoms with Crippen LogP contribution < -0.4 is 11.1 Å². The van der Waals surface area contributed by atoms with Crippen LogP contribution in [0.1, 0.15) is 37.3 Å². The van der Waals surface area contributed by atoms with Crippen LogP contribution in [0, 0.1) is 12.7 Å². The summed E-state index contributed by atoms with van der Waals surface area (Å²) in [5.41, 5.74) is 12.8. The van der Waals surface area contributed by atoms with Crippen LogP contribution in [0.5, 0.6) is 0 Å². The van der Waals surface area contributed by atoms with Crippen molar-refractivity contribution >= 4 is 39.5 Å². The highest BCUT2D eigenvalue weighted by molar-refractivity contribution is 6.00. The minimum Gasteiger partial charge on any atom is -0.383 e. The van der Waals surface area contributed by atoms with Gasteiger partial charge >= 0.3 is 0 Å². The number of halogens is 1. The zero-order chi connectivity index (χ0) is 29.0. The van der Waals surface area contributed by atoms with Gasteiger partial charge in [0, 0.05) is 68.8 Å². The summed E-state index contributed by atoms with van der Waals surface area (Å²) in [6, 6.07) is 12.3. The van der Waals surface area contributed by atoms with E-state index in [9.17, 15) is 4.39 Å². The molecule has 1 aliphatic carbocycles. The van der Waals surface area contributed by atoms with E-state index in [4.69, 9.17) is 10.7 Å². The Hall–Kier alpha value is -4.02. The molecule has 0 unspecified atom stereocenters. The lowest BCUT2D eigenvalue weighted by Crippen LogP contribution is -2.49. The van der Waals surface area contributed by atoms with Gasteiger partial charge in [0.2, 0.25) is 5.95 Å². The average molecular weight is 568 g/mol. The van der Waals surface area contributed by atoms with Crippen LogP contribution in [-0.4, -0.2) is 73.2 Å². The Labute approximate surface area is 245 Å². The SMILES string of the molecule is Cc1cc(F)cc2nc(Nc3ccc(-c4cn(C5CCC(N6CCN(C)CC6)CC5)c5ncnc(N)c45)cc3)n(C)c12. The fourth-order valence-electron chi connectivity index (χ4n) is 7.00. The molecule has 2 fully saturated rings. The number of aromatic nitrogens is 5. The maximum atomic E-state index is 13.9. The fourth-order valence-corrected chi connectivity index (χ4v) is 7.00. The first-order valence-electron chi connectivity index (χ1n) is 14.9. The lowest BCUT2D eigenvalue weighted by atomic mass is 9.89. The molecule has 1 saturated carbocycles. The van der Waals surface area contributed by atoms with Crippen molar-refractivity contribution in [1.29, 1.82) is 0 Å². The summed E-state index contributed by atoms with van der Waals surface area (Å²) >= 11 is 0. The number of benzene rings is 2. The van der Waals surface area contributed by atoms with Gasteiger partial charge in [0.15, 0.2) is 0 Å². The highest BCUT2D eigenvalue weighted by atomic mass is 19.1. The molecule has 2 aromatic carbocycles. The molecule has 1 aliphatic heterocycles. The number of anilines is 3. The van der Waals surface area contributed by atoms with E-state index in [0.717, 1.165) is 64.9 Å². The number of nitrogens with one attached hydrogen (secondary N) is 1. The number of fused-ring (bicyclic) bond motifs is 2. The van der Waals surface area contributed by atoms with Crippen molar-refractivity contribution in [3.63, 3.8) is 0 Å². The first kappa shape index (κ1) is 26.9. The standard InChI is InChI=1S/C32H38FN9/c1-20-16-22(33)17-27-29(20)40(3)32(38-27)37-23-6-4-21(5-7-23)26-18-42(31-28(26)30(34)35-19-36-31)25-10-8-24(9-11-25)41-14-12-39(2)13-15-41/h4-7,16-19,24-25H,8-15H2,1-3H3,(H,37,38)(H2,34,35,36). The third-order valence-corrected chi connectivity index (χ3v) is 9.33. The highest BCUT2D eigenvalue weighted by Gasteiger charge is 2.30. The van der Waals surface area contributed by atoms with Gasteiger partial charge in [-0.3, -0.25) is 4.90 Å². The first-order chi connectivity index (χ1) is 20.4. The van der Waals surface area contributed by atoms with Crippen molar-refractivity contribution < 1.29 is 4.39 Å². The quantitative estimate of drug-likeness (QED) is 0.290. The van der Waals surface area contributed by atoms with Crippen LogP contribution >= 0.6 is 0 Å². The van der Waals surface area contributed by atoms with Gasteiger partial charge in [-0.2, -0.15) is 0 Å². The summed E-state index contributed by atoms with van der Waals surface area (Å²) in [6.07, 6.45) is 8.48. The number of nitrogens with zero attached hydrogens (tertiary/aromatic N) is 7. The van der Waals surface area contributed by atoms with Crippen molar-refractivity contribution in [1.82, 2.24) is 33.9 Å². The van der Waals surface area contributed by atoms with Crippen LogP contribution in [0.3, 0.4) is 0 Å². The van der Waals surface area contributed by atoms with E-state index in [1.807, 2.05) is 30.7 Å². The van der Waals surface area contributed by atoms with E-state index in [-0.39, 0.29) is 5.82 Å². The second-order valence-corrected chi connectivity index (χ2v) is 12.0. The molecule has 7 rings (SSSR count). The van der Waals surface area contributed by atoms with Crippen molar-refractivity contribution in [2.45, 2.75) is 44.7 Å². The molecule has 10 heteroatoms. The fraction of sp³-hybridized carbons (Fsp3) is 0.406. The van der Waals surface area contributed by atoms with E-state index in [1.165, 1.54) is 38.1 Å². The molecule has 4 heterocycles. The second kappa shape index (κ2) is 10.7. The molecule has 0 amide bonds. The zero-order valence-electron chi connectivity index (χ0n) is 24.5. The molecule has 2 aliphatic rings. The number of nitrogens with two attached hydrogens (primary N) is 1. The molecule has 1 saturated heterocycles. The van der Waals surface area contributed by atoms with Crippen LogP contribution in [0.15, 0.2) is 48.9 Å². The highest BCUT2D eigenvalue weighted by Crippen LogP contribution is 2.39. The van der Waals surface area contributed by atoms with Gasteiger partial charge in [-0.1, -0.05) is 12.1 Å². The molecule has 3 N–H and O–H groups in total. The molecule has 3 aromatic heterocycles. The van der Waals surface area contributed by atoms with Gasteiger partial charge in [0.1, 0.15) is 23.6 Å². The van der Waals surface area contributed by atoms with Gasteiger partial charge in [0.25, 0.3) is 0 Å². The van der Waals surface area contributed by atoms with Gasteiger partial charge < -0.3 is 25.1 Å². The predicted octanol–water partition coefficient (Wildman–Crippen LogP) is 5.49. The molecule has 42 heavy (non-hydrogen) atoms. The largest absolute Gasteiger partial charge is 0.383 e. The molecule has 218 valence electrons. The second-order valence-electron chi connectivity index (χ2n) is 12.0. The number of rotatable bonds is 5. The minimum atomic E-state index is -0.278. The molecular formula is C32H38FN9. The topological polar surface area (TPSA) is 93.1 Å². The number of piperazine rings is 1. The smallest absolute Gasteiger partial charge is 0.208 e. The van der Waals surface area contributed by atoms with Crippen LogP contribution in [0.2, 0.25) is 0 Å². The molecule has 0 radical (unpaired) electrons. The number of imidazole rings is 1. The Bertz CT molecular complexity index is 1740. The van der Waals surface area contributed by atoms with Gasteiger partial charge in [-0.25, -0.2) is 19.3 Å². The van der Waals surface area contributed by atoms with Gasteiger partial charge in [0.05, 0.1) is 16.4 Å². The Morgan fingerprint density at radius 3 is 2.38 bits per heavy atom. The summed E-state index contributed by atoms with van der Waals surface area (Å²) in [7, 11) is 4.15. The summed E-state index contributed by atoms with van der Waals surface area (Å²) in [6.45, 7) is 6.57. The Kier molecular flexibility index (Phi) is 6.82. The van der Waals surface area contributed by atoms with Crippen molar-refractivity contribution in [3.8, 4) is 11.1 Å². The lowest BCUT2D eigenvalue weighted by Gasteiger charge is -2.41. The van der Waals surface area contributed by atoms with Crippen LogP contribution in [0.25, 0.3) is 33.2 Å². The summed E-state index contributed by atoms with van der Waals surface area (Å²) in [5.74, 6) is 0.886. The summed E-state index contributed by atoms with van der Waals surface area (Å²) in [5, 5.41) is 4.30. The molecular weight excluding hydrogens is 529 g/mol. The molecule has 0 atom stereocenters. The average Bonchev–Trinajstić information content (AvgIpc) is 3.52. The Balaban J connectivity index is 1.13. The Morgan fingerprint density at radius 2 is 1.64 bits per heavy atom. The van der Waals surface area contributed by atoms with E-state index < -0.39 is 0 Å². The molecule has 9 nitrogen and oxygen atoms in total. The number of hydrogen-bond donors (Lipinski definition) is 2. The lowest BCUT2D eigenvalue weighted by molar-refractivity contribution is 0.0828. The van der Waals surface area contributed by atoms with Gasteiger partial charge in [-0.05, 0) is 69.0 Å². The first-order valence-corrected chi connectivity index (χ1v) is 14.9. The van der Waals surface area contributed by atoms with E-state index in [2.05, 4.69) is 55.0 Å².